The largest absolute Gasteiger partial charge is 0.493 e. The number of hydrogen-bond donors (Lipinski definition) is 1. The van der Waals surface area contributed by atoms with Gasteiger partial charge in [-0.2, -0.15) is 0 Å². The van der Waals surface area contributed by atoms with Gasteiger partial charge in [-0.3, -0.25) is 4.79 Å². The van der Waals surface area contributed by atoms with E-state index < -0.39 is 11.4 Å². The maximum absolute atomic E-state index is 12.6. The third-order valence-electron chi connectivity index (χ3n) is 8.06. The summed E-state index contributed by atoms with van der Waals surface area (Å²) < 4.78 is 28.3. The lowest BCUT2D eigenvalue weighted by Crippen LogP contribution is -2.37. The van der Waals surface area contributed by atoms with Gasteiger partial charge in [0, 0.05) is 0 Å². The summed E-state index contributed by atoms with van der Waals surface area (Å²) in [7, 11) is 6.50. The highest BCUT2D eigenvalue weighted by atomic mass is 16.5. The molecule has 0 unspecified atom stereocenters. The van der Waals surface area contributed by atoms with Crippen molar-refractivity contribution >= 4 is 5.97 Å². The van der Waals surface area contributed by atoms with Crippen molar-refractivity contribution in [3.05, 3.63) is 47.5 Å². The van der Waals surface area contributed by atoms with Crippen molar-refractivity contribution in [3.63, 3.8) is 0 Å². The van der Waals surface area contributed by atoms with Crippen LogP contribution in [-0.2, 0) is 16.0 Å². The molecule has 1 N–H and O–H groups in total. The Kier molecular flexibility index (Phi) is 8.29. The highest BCUT2D eigenvalue weighted by molar-refractivity contribution is 5.74. The summed E-state index contributed by atoms with van der Waals surface area (Å²) in [6.07, 6.45) is 5.62. The Balaban J connectivity index is 1.67. The van der Waals surface area contributed by atoms with Crippen molar-refractivity contribution in [1.82, 2.24) is 0 Å². The minimum atomic E-state index is -0.707. The second-order valence-corrected chi connectivity index (χ2v) is 10.0. The van der Waals surface area contributed by atoms with Gasteiger partial charge >= 0.3 is 5.97 Å². The molecular formula is C29H38O7. The highest BCUT2D eigenvalue weighted by Gasteiger charge is 2.48. The van der Waals surface area contributed by atoms with E-state index in [0.29, 0.717) is 36.0 Å². The van der Waals surface area contributed by atoms with E-state index in [1.54, 1.807) is 28.4 Å². The number of aliphatic carboxylic acids is 1. The SMILES string of the molecule is COc1ccc(C[C@H]2CO[C@H](c3ccc(OC)c(OC)c3)[C@@H]2CC2(C(=O)O)CCCCC2)cc1OC. The standard InChI is InChI=1S/C29H38O7/c1-32-23-10-8-19(15-25(23)34-3)14-21-18-36-27(20-9-11-24(33-2)26(16-20)35-4)22(21)17-29(28(30)31)12-6-5-7-13-29/h8-11,15-16,21-22,27H,5-7,12-14,17-18H2,1-4H3,(H,30,31)/t21-,22+,27+/m0/s1. The Morgan fingerprint density at radius 1 is 0.889 bits per heavy atom. The van der Waals surface area contributed by atoms with Crippen LogP contribution >= 0.6 is 0 Å². The molecule has 0 amide bonds. The molecular weight excluding hydrogens is 460 g/mol. The first-order valence-corrected chi connectivity index (χ1v) is 12.7. The van der Waals surface area contributed by atoms with Gasteiger partial charge in [-0.25, -0.2) is 0 Å². The van der Waals surface area contributed by atoms with Gasteiger partial charge < -0.3 is 28.8 Å². The number of methoxy groups -OCH3 is 4. The van der Waals surface area contributed by atoms with Crippen LogP contribution in [0.2, 0.25) is 0 Å². The van der Waals surface area contributed by atoms with E-state index in [-0.39, 0.29) is 17.9 Å². The maximum atomic E-state index is 12.6. The van der Waals surface area contributed by atoms with Crippen molar-refractivity contribution in [2.24, 2.45) is 17.3 Å². The predicted molar refractivity (Wildman–Crippen MR) is 136 cm³/mol. The van der Waals surface area contributed by atoms with Crippen LogP contribution in [-0.4, -0.2) is 46.1 Å². The van der Waals surface area contributed by atoms with Crippen LogP contribution < -0.4 is 18.9 Å². The smallest absolute Gasteiger partial charge is 0.309 e. The predicted octanol–water partition coefficient (Wildman–Crippen LogP) is 5.69. The average Bonchev–Trinajstić information content (AvgIpc) is 3.29. The Morgan fingerprint density at radius 2 is 1.50 bits per heavy atom. The molecule has 0 aromatic heterocycles. The van der Waals surface area contributed by atoms with Crippen molar-refractivity contribution < 1.29 is 33.6 Å². The van der Waals surface area contributed by atoms with Crippen LogP contribution in [0.1, 0.15) is 55.8 Å². The number of carbonyl (C=O) groups is 1. The fourth-order valence-corrected chi connectivity index (χ4v) is 6.07. The molecule has 196 valence electrons. The molecule has 36 heavy (non-hydrogen) atoms. The van der Waals surface area contributed by atoms with Gasteiger partial charge in [0.25, 0.3) is 0 Å². The molecule has 2 aromatic carbocycles. The first-order chi connectivity index (χ1) is 17.4. The van der Waals surface area contributed by atoms with E-state index in [4.69, 9.17) is 23.7 Å². The molecule has 2 aliphatic rings. The van der Waals surface area contributed by atoms with E-state index in [1.165, 1.54) is 0 Å². The molecule has 1 heterocycles. The summed E-state index contributed by atoms with van der Waals surface area (Å²) in [5, 5.41) is 10.4. The number of carboxylic acid groups (broad SMARTS) is 1. The average molecular weight is 499 g/mol. The fraction of sp³-hybridized carbons (Fsp3) is 0.552. The molecule has 1 aliphatic heterocycles. The molecule has 7 heteroatoms. The van der Waals surface area contributed by atoms with Crippen LogP contribution in [0.4, 0.5) is 0 Å². The maximum Gasteiger partial charge on any atom is 0.309 e. The molecule has 1 aliphatic carbocycles. The Bertz CT molecular complexity index is 1040. The first kappa shape index (κ1) is 26.1. The van der Waals surface area contributed by atoms with Gasteiger partial charge in [0.1, 0.15) is 0 Å². The van der Waals surface area contributed by atoms with Gasteiger partial charge in [0.05, 0.1) is 46.6 Å². The molecule has 2 fully saturated rings. The van der Waals surface area contributed by atoms with Crippen molar-refractivity contribution in [2.75, 3.05) is 35.0 Å². The van der Waals surface area contributed by atoms with E-state index in [9.17, 15) is 9.90 Å². The molecule has 1 saturated heterocycles. The van der Waals surface area contributed by atoms with Gasteiger partial charge in [-0.15, -0.1) is 0 Å². The Hall–Kier alpha value is -2.93. The Labute approximate surface area is 213 Å². The number of hydrogen-bond acceptors (Lipinski definition) is 6. The van der Waals surface area contributed by atoms with Gasteiger partial charge in [-0.1, -0.05) is 31.4 Å². The number of ether oxygens (including phenoxy) is 5. The lowest BCUT2D eigenvalue weighted by molar-refractivity contribution is -0.153. The fourth-order valence-electron chi connectivity index (χ4n) is 6.07. The summed E-state index contributed by atoms with van der Waals surface area (Å²) in [6.45, 7) is 0.563. The first-order valence-electron chi connectivity index (χ1n) is 12.7. The molecule has 0 spiro atoms. The normalized spacial score (nSPS) is 23.2. The summed E-state index contributed by atoms with van der Waals surface area (Å²) in [5.74, 6) is 2.22. The zero-order valence-corrected chi connectivity index (χ0v) is 21.7. The summed E-state index contributed by atoms with van der Waals surface area (Å²) >= 11 is 0. The minimum Gasteiger partial charge on any atom is -0.493 e. The van der Waals surface area contributed by atoms with Crippen LogP contribution in [0.5, 0.6) is 23.0 Å². The minimum absolute atomic E-state index is 0.0467. The monoisotopic (exact) mass is 498 g/mol. The van der Waals surface area contributed by atoms with Crippen LogP contribution in [0.3, 0.4) is 0 Å². The Morgan fingerprint density at radius 3 is 2.11 bits per heavy atom. The zero-order chi connectivity index (χ0) is 25.7. The zero-order valence-electron chi connectivity index (χ0n) is 21.7. The highest BCUT2D eigenvalue weighted by Crippen LogP contribution is 2.51. The number of rotatable bonds is 10. The summed E-state index contributed by atoms with van der Waals surface area (Å²) in [6, 6.07) is 11.8. The molecule has 7 nitrogen and oxygen atoms in total. The van der Waals surface area contributed by atoms with Crippen LogP contribution in [0, 0.1) is 17.3 Å². The molecule has 1 saturated carbocycles. The third-order valence-corrected chi connectivity index (χ3v) is 8.06. The van der Waals surface area contributed by atoms with E-state index in [1.807, 2.05) is 30.3 Å². The quantitative estimate of drug-likeness (QED) is 0.450. The van der Waals surface area contributed by atoms with Crippen LogP contribution in [0.25, 0.3) is 0 Å². The van der Waals surface area contributed by atoms with Crippen molar-refractivity contribution in [3.8, 4) is 23.0 Å². The van der Waals surface area contributed by atoms with Gasteiger partial charge in [0.2, 0.25) is 0 Å². The molecule has 0 radical (unpaired) electrons. The van der Waals surface area contributed by atoms with Crippen LogP contribution in [0.15, 0.2) is 36.4 Å². The van der Waals surface area contributed by atoms with E-state index >= 15 is 0 Å². The molecule has 2 aromatic rings. The van der Waals surface area contributed by atoms with E-state index in [0.717, 1.165) is 49.7 Å². The molecule has 0 bridgehead atoms. The second-order valence-electron chi connectivity index (χ2n) is 10.0. The molecule has 4 rings (SSSR count). The van der Waals surface area contributed by atoms with Crippen molar-refractivity contribution in [2.45, 2.75) is 51.0 Å². The summed E-state index contributed by atoms with van der Waals surface area (Å²) in [5.41, 5.74) is 1.40. The van der Waals surface area contributed by atoms with E-state index in [2.05, 4.69) is 6.07 Å². The third kappa shape index (κ3) is 5.26. The lowest BCUT2D eigenvalue weighted by atomic mass is 9.65. The van der Waals surface area contributed by atoms with Crippen molar-refractivity contribution in [1.29, 1.82) is 0 Å². The lowest BCUT2D eigenvalue weighted by Gasteiger charge is -2.38. The molecule has 3 atom stereocenters. The number of carboxylic acids is 1. The van der Waals surface area contributed by atoms with Gasteiger partial charge in [0.15, 0.2) is 23.0 Å². The van der Waals surface area contributed by atoms with Gasteiger partial charge in [-0.05, 0) is 72.9 Å². The summed E-state index contributed by atoms with van der Waals surface area (Å²) in [4.78, 5) is 12.6. The second kappa shape index (κ2) is 11.4. The number of benzene rings is 2. The topological polar surface area (TPSA) is 83.5 Å².